The summed E-state index contributed by atoms with van der Waals surface area (Å²) >= 11 is 0. The number of hydrogen-bond donors (Lipinski definition) is 1. The number of likely N-dealkylation sites (tertiary alicyclic amines) is 1. The second-order valence-electron chi connectivity index (χ2n) is 7.50. The molecule has 3 rings (SSSR count). The number of carbonyl (C=O) groups is 1. The molecule has 27 heavy (non-hydrogen) atoms. The number of nitrogens with zero attached hydrogens (tertiary/aromatic N) is 3. The zero-order valence-corrected chi connectivity index (χ0v) is 16.4. The van der Waals surface area contributed by atoms with E-state index in [1.807, 2.05) is 22.8 Å². The number of rotatable bonds is 5. The number of benzene rings is 1. The molecule has 1 unspecified atom stereocenters. The van der Waals surface area contributed by atoms with Gasteiger partial charge < -0.3 is 24.8 Å². The van der Waals surface area contributed by atoms with Crippen LogP contribution < -0.4 is 10.2 Å². The number of anilines is 1. The van der Waals surface area contributed by atoms with Crippen LogP contribution in [0.15, 0.2) is 24.3 Å². The Balaban J connectivity index is 1.47. The van der Waals surface area contributed by atoms with Gasteiger partial charge in [-0.2, -0.15) is 0 Å². The van der Waals surface area contributed by atoms with Crippen molar-refractivity contribution in [1.82, 2.24) is 15.1 Å². The minimum Gasteiger partial charge on any atom is -0.383 e. The molecule has 2 heterocycles. The molecule has 2 aliphatic heterocycles. The normalized spacial score (nSPS) is 22.1. The molecule has 2 fully saturated rings. The lowest BCUT2D eigenvalue weighted by Gasteiger charge is -2.42. The van der Waals surface area contributed by atoms with Crippen molar-refractivity contribution >= 4 is 11.7 Å². The van der Waals surface area contributed by atoms with Crippen LogP contribution in [-0.4, -0.2) is 80.9 Å². The molecule has 0 bridgehead atoms. The summed E-state index contributed by atoms with van der Waals surface area (Å²) in [6.07, 6.45) is 1.94. The summed E-state index contributed by atoms with van der Waals surface area (Å²) < 4.78 is 19.2. The van der Waals surface area contributed by atoms with Gasteiger partial charge in [0.05, 0.1) is 12.3 Å². The first-order valence-corrected chi connectivity index (χ1v) is 9.86. The summed E-state index contributed by atoms with van der Waals surface area (Å²) in [7, 11) is 1.72. The van der Waals surface area contributed by atoms with E-state index in [1.54, 1.807) is 19.2 Å². The molecule has 7 heteroatoms. The maximum absolute atomic E-state index is 14.0. The van der Waals surface area contributed by atoms with Crippen molar-refractivity contribution in [2.75, 3.05) is 57.9 Å². The van der Waals surface area contributed by atoms with E-state index in [0.29, 0.717) is 25.3 Å². The quantitative estimate of drug-likeness (QED) is 0.853. The van der Waals surface area contributed by atoms with Crippen molar-refractivity contribution in [1.29, 1.82) is 0 Å². The number of piperazine rings is 1. The fourth-order valence-corrected chi connectivity index (χ4v) is 3.97. The van der Waals surface area contributed by atoms with Crippen molar-refractivity contribution in [2.24, 2.45) is 0 Å². The van der Waals surface area contributed by atoms with Crippen molar-refractivity contribution in [3.05, 3.63) is 30.1 Å². The van der Waals surface area contributed by atoms with Crippen LogP contribution in [0.5, 0.6) is 0 Å². The van der Waals surface area contributed by atoms with Gasteiger partial charge in [0.2, 0.25) is 0 Å². The van der Waals surface area contributed by atoms with Crippen molar-refractivity contribution in [2.45, 2.75) is 31.8 Å². The minimum absolute atomic E-state index is 0.00558. The van der Waals surface area contributed by atoms with E-state index in [0.717, 1.165) is 39.1 Å². The molecule has 0 aliphatic carbocycles. The van der Waals surface area contributed by atoms with Gasteiger partial charge in [0.25, 0.3) is 0 Å². The predicted octanol–water partition coefficient (Wildman–Crippen LogP) is 2.16. The number of ether oxygens (including phenoxy) is 1. The van der Waals surface area contributed by atoms with Gasteiger partial charge in [-0.05, 0) is 31.9 Å². The van der Waals surface area contributed by atoms with E-state index < -0.39 is 0 Å². The fraction of sp³-hybridized carbons (Fsp3) is 0.650. The van der Waals surface area contributed by atoms with Crippen LogP contribution in [0.3, 0.4) is 0 Å². The third-order valence-corrected chi connectivity index (χ3v) is 5.61. The van der Waals surface area contributed by atoms with E-state index in [9.17, 15) is 9.18 Å². The van der Waals surface area contributed by atoms with E-state index in [-0.39, 0.29) is 23.9 Å². The maximum Gasteiger partial charge on any atom is 0.317 e. The Morgan fingerprint density at radius 1 is 1.22 bits per heavy atom. The second kappa shape index (κ2) is 9.37. The largest absolute Gasteiger partial charge is 0.383 e. The maximum atomic E-state index is 14.0. The van der Waals surface area contributed by atoms with E-state index in [1.165, 1.54) is 6.07 Å². The van der Waals surface area contributed by atoms with Gasteiger partial charge in [-0.1, -0.05) is 12.1 Å². The van der Waals surface area contributed by atoms with Crippen LogP contribution in [0, 0.1) is 5.82 Å². The van der Waals surface area contributed by atoms with Gasteiger partial charge in [-0.3, -0.25) is 0 Å². The van der Waals surface area contributed by atoms with E-state index in [2.05, 4.69) is 10.2 Å². The Kier molecular flexibility index (Phi) is 6.90. The van der Waals surface area contributed by atoms with Crippen LogP contribution in [0.1, 0.15) is 19.8 Å². The van der Waals surface area contributed by atoms with Gasteiger partial charge in [-0.15, -0.1) is 0 Å². The molecule has 6 nitrogen and oxygen atoms in total. The number of methoxy groups -OCH3 is 1. The Morgan fingerprint density at radius 2 is 1.96 bits per heavy atom. The third kappa shape index (κ3) is 5.11. The van der Waals surface area contributed by atoms with Crippen LogP contribution >= 0.6 is 0 Å². The monoisotopic (exact) mass is 378 g/mol. The fourth-order valence-electron chi connectivity index (χ4n) is 3.97. The van der Waals surface area contributed by atoms with Crippen LogP contribution in [0.2, 0.25) is 0 Å². The van der Waals surface area contributed by atoms with Crippen molar-refractivity contribution in [3.63, 3.8) is 0 Å². The lowest BCUT2D eigenvalue weighted by molar-refractivity contribution is 0.122. The first-order valence-electron chi connectivity index (χ1n) is 9.86. The van der Waals surface area contributed by atoms with Crippen LogP contribution in [0.4, 0.5) is 14.9 Å². The molecule has 0 spiro atoms. The number of hydrogen-bond acceptors (Lipinski definition) is 4. The van der Waals surface area contributed by atoms with E-state index in [4.69, 9.17) is 4.74 Å². The molecule has 0 aromatic heterocycles. The highest BCUT2D eigenvalue weighted by Gasteiger charge is 2.30. The zero-order valence-electron chi connectivity index (χ0n) is 16.4. The van der Waals surface area contributed by atoms with Gasteiger partial charge in [0, 0.05) is 58.5 Å². The number of amides is 2. The molecular formula is C20H31FN4O2. The second-order valence-corrected chi connectivity index (χ2v) is 7.50. The summed E-state index contributed by atoms with van der Waals surface area (Å²) in [6.45, 7) is 7.61. The van der Waals surface area contributed by atoms with E-state index >= 15 is 0 Å². The molecular weight excluding hydrogens is 347 g/mol. The lowest BCUT2D eigenvalue weighted by atomic mass is 10.1. The Labute approximate surface area is 161 Å². The number of carbonyl (C=O) groups excluding carboxylic acids is 1. The molecule has 2 amide bonds. The number of para-hydroxylation sites is 1. The number of halogens is 1. The Hall–Kier alpha value is -1.86. The number of urea groups is 1. The summed E-state index contributed by atoms with van der Waals surface area (Å²) in [6, 6.07) is 7.11. The average Bonchev–Trinajstić information content (AvgIpc) is 2.67. The summed E-state index contributed by atoms with van der Waals surface area (Å²) in [5, 5.41) is 3.20. The van der Waals surface area contributed by atoms with Gasteiger partial charge >= 0.3 is 6.03 Å². The smallest absolute Gasteiger partial charge is 0.317 e. The zero-order chi connectivity index (χ0) is 19.2. The number of nitrogens with one attached hydrogen (secondary N) is 1. The SMILES string of the molecule is COCCN1CCC(NC(=O)N2CCN(c3ccccc3F)CC2C)CC1. The molecule has 150 valence electrons. The molecule has 1 aromatic carbocycles. The molecule has 2 saturated heterocycles. The van der Waals surface area contributed by atoms with Gasteiger partial charge in [0.15, 0.2) is 0 Å². The third-order valence-electron chi connectivity index (χ3n) is 5.61. The highest BCUT2D eigenvalue weighted by Crippen LogP contribution is 2.22. The predicted molar refractivity (Wildman–Crippen MR) is 105 cm³/mol. The average molecular weight is 378 g/mol. The summed E-state index contributed by atoms with van der Waals surface area (Å²) in [5.41, 5.74) is 0.618. The molecule has 0 saturated carbocycles. The number of piperidine rings is 1. The molecule has 2 aliphatic rings. The first-order chi connectivity index (χ1) is 13.1. The van der Waals surface area contributed by atoms with Crippen LogP contribution in [0.25, 0.3) is 0 Å². The molecule has 1 N–H and O–H groups in total. The summed E-state index contributed by atoms with van der Waals surface area (Å²) in [4.78, 5) is 19.0. The molecule has 1 atom stereocenters. The minimum atomic E-state index is -0.206. The van der Waals surface area contributed by atoms with Crippen molar-refractivity contribution in [3.8, 4) is 0 Å². The highest BCUT2D eigenvalue weighted by molar-refractivity contribution is 5.75. The Bertz CT molecular complexity index is 622. The first kappa shape index (κ1) is 19.9. The Morgan fingerprint density at radius 3 is 2.63 bits per heavy atom. The van der Waals surface area contributed by atoms with Gasteiger partial charge in [0.1, 0.15) is 5.82 Å². The molecule has 0 radical (unpaired) electrons. The summed E-state index contributed by atoms with van der Waals surface area (Å²) in [5.74, 6) is -0.206. The highest BCUT2D eigenvalue weighted by atomic mass is 19.1. The van der Waals surface area contributed by atoms with Crippen LogP contribution in [-0.2, 0) is 4.74 Å². The van der Waals surface area contributed by atoms with Gasteiger partial charge in [-0.25, -0.2) is 9.18 Å². The van der Waals surface area contributed by atoms with Crippen molar-refractivity contribution < 1.29 is 13.9 Å². The molecule has 1 aromatic rings. The lowest BCUT2D eigenvalue weighted by Crippen LogP contribution is -2.58. The topological polar surface area (TPSA) is 48.1 Å². The standard InChI is InChI=1S/C20H31FN4O2/c1-16-15-24(19-6-4-3-5-18(19)21)11-12-25(16)20(26)22-17-7-9-23(10-8-17)13-14-27-2/h3-6,16-17H,7-15H2,1-2H3,(H,22,26).